The van der Waals surface area contributed by atoms with Crippen molar-refractivity contribution in [1.29, 1.82) is 0 Å². The molecule has 1 heterocycles. The van der Waals surface area contributed by atoms with Crippen LogP contribution in [0, 0.1) is 5.92 Å². The molecule has 16 heavy (non-hydrogen) atoms. The van der Waals surface area contributed by atoms with E-state index in [1.165, 1.54) is 42.3 Å². The van der Waals surface area contributed by atoms with E-state index in [-0.39, 0.29) is 0 Å². The minimum absolute atomic E-state index is 0.834. The molecule has 1 unspecified atom stereocenters. The summed E-state index contributed by atoms with van der Waals surface area (Å²) >= 11 is 0. The highest BCUT2D eigenvalue weighted by Crippen LogP contribution is 2.20. The van der Waals surface area contributed by atoms with Gasteiger partial charge in [-0.1, -0.05) is 42.5 Å². The maximum absolute atomic E-state index is 3.43. The van der Waals surface area contributed by atoms with Gasteiger partial charge in [0.15, 0.2) is 0 Å². The van der Waals surface area contributed by atoms with Crippen molar-refractivity contribution in [2.24, 2.45) is 5.92 Å². The molecule has 2 aromatic carbocycles. The molecule has 0 amide bonds. The zero-order valence-corrected chi connectivity index (χ0v) is 9.45. The van der Waals surface area contributed by atoms with Gasteiger partial charge in [-0.3, -0.25) is 0 Å². The smallest absolute Gasteiger partial charge is 0.00169 e. The van der Waals surface area contributed by atoms with Crippen LogP contribution in [0.2, 0.25) is 0 Å². The lowest BCUT2D eigenvalue weighted by atomic mass is 9.97. The maximum atomic E-state index is 3.43. The van der Waals surface area contributed by atoms with Crippen molar-refractivity contribution in [2.45, 2.75) is 12.8 Å². The van der Waals surface area contributed by atoms with Crippen LogP contribution in [0.15, 0.2) is 42.5 Å². The Morgan fingerprint density at radius 3 is 2.75 bits per heavy atom. The van der Waals surface area contributed by atoms with Gasteiger partial charge in [-0.05, 0) is 48.2 Å². The minimum atomic E-state index is 0.834. The van der Waals surface area contributed by atoms with Gasteiger partial charge in [-0.25, -0.2) is 0 Å². The lowest BCUT2D eigenvalue weighted by Gasteiger charge is -2.09. The van der Waals surface area contributed by atoms with Crippen molar-refractivity contribution in [3.63, 3.8) is 0 Å². The molecule has 1 heteroatoms. The van der Waals surface area contributed by atoms with Crippen LogP contribution >= 0.6 is 0 Å². The van der Waals surface area contributed by atoms with Crippen molar-refractivity contribution in [3.05, 3.63) is 48.0 Å². The predicted octanol–water partition coefficient (Wildman–Crippen LogP) is 2.99. The molecule has 0 bridgehead atoms. The molecule has 1 saturated heterocycles. The highest BCUT2D eigenvalue weighted by atomic mass is 14.9. The van der Waals surface area contributed by atoms with Gasteiger partial charge in [0, 0.05) is 0 Å². The Balaban J connectivity index is 1.86. The molecule has 0 radical (unpaired) electrons. The van der Waals surface area contributed by atoms with Gasteiger partial charge >= 0.3 is 0 Å². The van der Waals surface area contributed by atoms with Gasteiger partial charge < -0.3 is 5.32 Å². The molecule has 82 valence electrons. The van der Waals surface area contributed by atoms with Crippen molar-refractivity contribution in [2.75, 3.05) is 13.1 Å². The maximum Gasteiger partial charge on any atom is -0.00169 e. The van der Waals surface area contributed by atoms with Crippen LogP contribution in [0.1, 0.15) is 12.0 Å². The summed E-state index contributed by atoms with van der Waals surface area (Å²) in [5.74, 6) is 0.834. The zero-order chi connectivity index (χ0) is 10.8. The molecule has 1 N–H and O–H groups in total. The topological polar surface area (TPSA) is 12.0 Å². The van der Waals surface area contributed by atoms with Gasteiger partial charge in [0.25, 0.3) is 0 Å². The predicted molar refractivity (Wildman–Crippen MR) is 68.6 cm³/mol. The molecular weight excluding hydrogens is 194 g/mol. The van der Waals surface area contributed by atoms with Crippen molar-refractivity contribution in [3.8, 4) is 0 Å². The summed E-state index contributed by atoms with van der Waals surface area (Å²) in [6, 6.07) is 15.5. The normalized spacial score (nSPS) is 20.4. The van der Waals surface area contributed by atoms with Crippen molar-refractivity contribution >= 4 is 10.8 Å². The van der Waals surface area contributed by atoms with Crippen LogP contribution in [-0.2, 0) is 6.42 Å². The average Bonchev–Trinajstić information content (AvgIpc) is 2.82. The van der Waals surface area contributed by atoms with Crippen molar-refractivity contribution < 1.29 is 0 Å². The van der Waals surface area contributed by atoms with Gasteiger partial charge in [0.05, 0.1) is 0 Å². The number of nitrogens with one attached hydrogen (secondary N) is 1. The monoisotopic (exact) mass is 211 g/mol. The molecular formula is C15H17N. The molecule has 1 nitrogen and oxygen atoms in total. The fraction of sp³-hybridized carbons (Fsp3) is 0.333. The largest absolute Gasteiger partial charge is 0.316 e. The Labute approximate surface area is 96.5 Å². The van der Waals surface area contributed by atoms with Crippen LogP contribution in [0.5, 0.6) is 0 Å². The van der Waals surface area contributed by atoms with Crippen LogP contribution in [0.3, 0.4) is 0 Å². The summed E-state index contributed by atoms with van der Waals surface area (Å²) in [5, 5.41) is 6.14. The summed E-state index contributed by atoms with van der Waals surface area (Å²) in [6.07, 6.45) is 2.55. The quantitative estimate of drug-likeness (QED) is 0.805. The Morgan fingerprint density at radius 1 is 1.06 bits per heavy atom. The van der Waals surface area contributed by atoms with E-state index < -0.39 is 0 Å². The van der Waals surface area contributed by atoms with E-state index in [1.807, 2.05) is 0 Å². The number of fused-ring (bicyclic) bond motifs is 1. The summed E-state index contributed by atoms with van der Waals surface area (Å²) in [7, 11) is 0. The van der Waals surface area contributed by atoms with E-state index in [9.17, 15) is 0 Å². The van der Waals surface area contributed by atoms with E-state index in [0.29, 0.717) is 0 Å². The van der Waals surface area contributed by atoms with Gasteiger partial charge in [-0.15, -0.1) is 0 Å². The first-order valence-corrected chi connectivity index (χ1v) is 6.10. The second-order valence-electron chi connectivity index (χ2n) is 4.74. The van der Waals surface area contributed by atoms with Crippen molar-refractivity contribution in [1.82, 2.24) is 5.32 Å². The molecule has 0 spiro atoms. The molecule has 1 aliphatic heterocycles. The van der Waals surface area contributed by atoms with E-state index in [2.05, 4.69) is 47.8 Å². The first-order chi connectivity index (χ1) is 7.92. The number of hydrogen-bond acceptors (Lipinski definition) is 1. The molecule has 1 aliphatic rings. The second-order valence-corrected chi connectivity index (χ2v) is 4.74. The molecule has 3 rings (SSSR count). The van der Waals surface area contributed by atoms with E-state index in [1.54, 1.807) is 0 Å². The lowest BCUT2D eigenvalue weighted by molar-refractivity contribution is 0.580. The zero-order valence-electron chi connectivity index (χ0n) is 9.45. The van der Waals surface area contributed by atoms with Crippen LogP contribution in [0.25, 0.3) is 10.8 Å². The van der Waals surface area contributed by atoms with Gasteiger partial charge in [-0.2, -0.15) is 0 Å². The van der Waals surface area contributed by atoms with E-state index in [4.69, 9.17) is 0 Å². The molecule has 2 aromatic rings. The standard InChI is InChI=1S/C15H17N/c1-2-4-15-10-12(5-6-14(15)3-1)9-13-7-8-16-11-13/h1-6,10,13,16H,7-9,11H2. The first-order valence-electron chi connectivity index (χ1n) is 6.10. The minimum Gasteiger partial charge on any atom is -0.316 e. The van der Waals surface area contributed by atoms with Crippen LogP contribution in [0.4, 0.5) is 0 Å². The van der Waals surface area contributed by atoms with E-state index >= 15 is 0 Å². The number of hydrogen-bond donors (Lipinski definition) is 1. The molecule has 0 aliphatic carbocycles. The summed E-state index contributed by atoms with van der Waals surface area (Å²) in [4.78, 5) is 0. The first kappa shape index (κ1) is 9.86. The third-order valence-corrected chi connectivity index (χ3v) is 3.50. The Morgan fingerprint density at radius 2 is 1.94 bits per heavy atom. The highest BCUT2D eigenvalue weighted by Gasteiger charge is 2.14. The van der Waals surface area contributed by atoms with Crippen LogP contribution in [-0.4, -0.2) is 13.1 Å². The summed E-state index contributed by atoms with van der Waals surface area (Å²) in [5.41, 5.74) is 1.48. The fourth-order valence-corrected chi connectivity index (χ4v) is 2.59. The number of benzene rings is 2. The SMILES string of the molecule is c1ccc2cc(CC3CCNC3)ccc2c1. The van der Waals surface area contributed by atoms with E-state index in [0.717, 1.165) is 5.92 Å². The summed E-state index contributed by atoms with van der Waals surface area (Å²) in [6.45, 7) is 2.38. The van der Waals surface area contributed by atoms with Gasteiger partial charge in [0.2, 0.25) is 0 Å². The van der Waals surface area contributed by atoms with Crippen LogP contribution < -0.4 is 5.32 Å². The fourth-order valence-electron chi connectivity index (χ4n) is 2.59. The molecule has 1 fully saturated rings. The third kappa shape index (κ3) is 1.96. The lowest BCUT2D eigenvalue weighted by Crippen LogP contribution is -2.10. The Kier molecular flexibility index (Phi) is 2.63. The highest BCUT2D eigenvalue weighted by molar-refractivity contribution is 5.82. The molecule has 0 saturated carbocycles. The number of rotatable bonds is 2. The average molecular weight is 211 g/mol. The summed E-state index contributed by atoms with van der Waals surface area (Å²) < 4.78 is 0. The third-order valence-electron chi connectivity index (χ3n) is 3.50. The molecule has 1 atom stereocenters. The second kappa shape index (κ2) is 4.26. The molecule has 0 aromatic heterocycles. The van der Waals surface area contributed by atoms with Gasteiger partial charge in [0.1, 0.15) is 0 Å². The Hall–Kier alpha value is -1.34. The Bertz CT molecular complexity index is 484.